The summed E-state index contributed by atoms with van der Waals surface area (Å²) < 4.78 is 38.9. The standard InChI is InChI=1S/C15H14ClF3N4/c16-11-4-2-1-3-9(11)8-20-13-7-12(15(17,18)19)22-14(23-13)21-10-5-6-10/h1-4,7,10H,5-6,8H2,(H2,20,21,22,23). The Labute approximate surface area is 136 Å². The van der Waals surface area contributed by atoms with E-state index in [0.717, 1.165) is 24.5 Å². The molecule has 122 valence electrons. The quantitative estimate of drug-likeness (QED) is 0.849. The summed E-state index contributed by atoms with van der Waals surface area (Å²) in [5, 5.41) is 6.31. The van der Waals surface area contributed by atoms with Gasteiger partial charge in [-0.05, 0) is 24.5 Å². The number of rotatable bonds is 5. The molecule has 0 aliphatic heterocycles. The minimum absolute atomic E-state index is 0.0102. The second-order valence-electron chi connectivity index (χ2n) is 5.32. The fourth-order valence-corrected chi connectivity index (χ4v) is 2.19. The van der Waals surface area contributed by atoms with E-state index in [-0.39, 0.29) is 24.4 Å². The van der Waals surface area contributed by atoms with Crippen LogP contribution in [0.1, 0.15) is 24.1 Å². The van der Waals surface area contributed by atoms with Gasteiger partial charge in [-0.25, -0.2) is 4.98 Å². The Morgan fingerprint density at radius 3 is 2.57 bits per heavy atom. The highest BCUT2D eigenvalue weighted by molar-refractivity contribution is 6.31. The molecule has 1 aliphatic rings. The molecule has 4 nitrogen and oxygen atoms in total. The summed E-state index contributed by atoms with van der Waals surface area (Å²) in [5.74, 6) is 0.0966. The highest BCUT2D eigenvalue weighted by Gasteiger charge is 2.34. The van der Waals surface area contributed by atoms with Crippen LogP contribution < -0.4 is 10.6 Å². The largest absolute Gasteiger partial charge is 0.433 e. The van der Waals surface area contributed by atoms with Crippen molar-refractivity contribution in [2.75, 3.05) is 10.6 Å². The van der Waals surface area contributed by atoms with E-state index in [0.29, 0.717) is 5.02 Å². The summed E-state index contributed by atoms with van der Waals surface area (Å²) in [6.07, 6.45) is -2.69. The van der Waals surface area contributed by atoms with Crippen molar-refractivity contribution >= 4 is 23.4 Å². The highest BCUT2D eigenvalue weighted by atomic mass is 35.5. The molecule has 23 heavy (non-hydrogen) atoms. The van der Waals surface area contributed by atoms with Crippen LogP contribution in [0.4, 0.5) is 24.9 Å². The van der Waals surface area contributed by atoms with E-state index in [1.807, 2.05) is 6.07 Å². The number of hydrogen-bond donors (Lipinski definition) is 2. The molecular formula is C15H14ClF3N4. The fourth-order valence-electron chi connectivity index (χ4n) is 1.99. The van der Waals surface area contributed by atoms with Gasteiger partial charge in [-0.15, -0.1) is 0 Å². The summed E-state index contributed by atoms with van der Waals surface area (Å²) in [7, 11) is 0. The van der Waals surface area contributed by atoms with Crippen LogP contribution in [-0.2, 0) is 12.7 Å². The van der Waals surface area contributed by atoms with Crippen LogP contribution in [-0.4, -0.2) is 16.0 Å². The predicted molar refractivity (Wildman–Crippen MR) is 82.5 cm³/mol. The van der Waals surface area contributed by atoms with Gasteiger partial charge in [0.25, 0.3) is 0 Å². The molecule has 0 saturated heterocycles. The SMILES string of the molecule is FC(F)(F)c1cc(NCc2ccccc2Cl)nc(NC2CC2)n1. The summed E-state index contributed by atoms with van der Waals surface area (Å²) in [4.78, 5) is 7.64. The van der Waals surface area contributed by atoms with Crippen LogP contribution in [0.3, 0.4) is 0 Å². The monoisotopic (exact) mass is 342 g/mol. The third-order valence-corrected chi connectivity index (χ3v) is 3.71. The van der Waals surface area contributed by atoms with Gasteiger partial charge >= 0.3 is 6.18 Å². The van der Waals surface area contributed by atoms with Gasteiger partial charge < -0.3 is 10.6 Å². The number of halogens is 4. The van der Waals surface area contributed by atoms with Crippen molar-refractivity contribution in [3.05, 3.63) is 46.6 Å². The summed E-state index contributed by atoms with van der Waals surface area (Å²) in [6, 6.07) is 8.18. The van der Waals surface area contributed by atoms with Crippen LogP contribution in [0.25, 0.3) is 0 Å². The van der Waals surface area contributed by atoms with Crippen molar-refractivity contribution < 1.29 is 13.2 Å². The van der Waals surface area contributed by atoms with Crippen molar-refractivity contribution in [2.24, 2.45) is 0 Å². The third-order valence-electron chi connectivity index (χ3n) is 3.34. The van der Waals surface area contributed by atoms with Crippen LogP contribution >= 0.6 is 11.6 Å². The zero-order valence-electron chi connectivity index (χ0n) is 12.0. The fraction of sp³-hybridized carbons (Fsp3) is 0.333. The highest BCUT2D eigenvalue weighted by Crippen LogP contribution is 2.31. The molecule has 1 saturated carbocycles. The van der Waals surface area contributed by atoms with Gasteiger partial charge in [0, 0.05) is 23.7 Å². The number of nitrogens with zero attached hydrogens (tertiary/aromatic N) is 2. The van der Waals surface area contributed by atoms with E-state index in [2.05, 4.69) is 20.6 Å². The number of benzene rings is 1. The van der Waals surface area contributed by atoms with E-state index >= 15 is 0 Å². The van der Waals surface area contributed by atoms with Crippen molar-refractivity contribution in [3.63, 3.8) is 0 Å². The molecule has 0 atom stereocenters. The molecule has 1 aromatic heterocycles. The minimum atomic E-state index is -4.52. The number of hydrogen-bond acceptors (Lipinski definition) is 4. The van der Waals surface area contributed by atoms with Crippen LogP contribution in [0, 0.1) is 0 Å². The summed E-state index contributed by atoms with van der Waals surface area (Å²) in [6.45, 7) is 0.275. The summed E-state index contributed by atoms with van der Waals surface area (Å²) in [5.41, 5.74) is -0.199. The van der Waals surface area contributed by atoms with Crippen molar-refractivity contribution in [2.45, 2.75) is 31.6 Å². The molecule has 0 spiro atoms. The second kappa shape index (κ2) is 6.23. The molecule has 0 unspecified atom stereocenters. The maximum Gasteiger partial charge on any atom is 0.433 e. The maximum absolute atomic E-state index is 13.0. The minimum Gasteiger partial charge on any atom is -0.366 e. The van der Waals surface area contributed by atoms with E-state index in [1.165, 1.54) is 0 Å². The molecule has 1 heterocycles. The first kappa shape index (κ1) is 15.9. The molecule has 1 fully saturated rings. The lowest BCUT2D eigenvalue weighted by molar-refractivity contribution is -0.141. The average Bonchev–Trinajstić information content (AvgIpc) is 3.29. The van der Waals surface area contributed by atoms with Crippen LogP contribution in [0.15, 0.2) is 30.3 Å². The van der Waals surface area contributed by atoms with Crippen molar-refractivity contribution in [1.82, 2.24) is 9.97 Å². The van der Waals surface area contributed by atoms with Gasteiger partial charge in [0.15, 0.2) is 5.69 Å². The van der Waals surface area contributed by atoms with Gasteiger partial charge in [0.05, 0.1) is 0 Å². The molecule has 8 heteroatoms. The lowest BCUT2D eigenvalue weighted by atomic mass is 10.2. The van der Waals surface area contributed by atoms with Gasteiger partial charge in [-0.1, -0.05) is 29.8 Å². The van der Waals surface area contributed by atoms with Gasteiger partial charge in [-0.3, -0.25) is 0 Å². The Balaban J connectivity index is 1.80. The van der Waals surface area contributed by atoms with Gasteiger partial charge in [0.2, 0.25) is 5.95 Å². The molecule has 0 amide bonds. The number of alkyl halides is 3. The van der Waals surface area contributed by atoms with Gasteiger partial charge in [0.1, 0.15) is 5.82 Å². The molecule has 1 aromatic carbocycles. The normalized spacial score (nSPS) is 14.6. The topological polar surface area (TPSA) is 49.8 Å². The van der Waals surface area contributed by atoms with Gasteiger partial charge in [-0.2, -0.15) is 18.2 Å². The smallest absolute Gasteiger partial charge is 0.366 e. The molecule has 2 N–H and O–H groups in total. The zero-order chi connectivity index (χ0) is 16.4. The number of nitrogens with one attached hydrogen (secondary N) is 2. The second-order valence-corrected chi connectivity index (χ2v) is 5.73. The van der Waals surface area contributed by atoms with Crippen molar-refractivity contribution in [1.29, 1.82) is 0 Å². The van der Waals surface area contributed by atoms with Crippen LogP contribution in [0.5, 0.6) is 0 Å². The number of anilines is 2. The third kappa shape index (κ3) is 4.25. The molecule has 3 rings (SSSR count). The predicted octanol–water partition coefficient (Wildman–Crippen LogP) is 4.34. The lowest BCUT2D eigenvalue weighted by Gasteiger charge is -2.13. The Bertz CT molecular complexity index is 701. The maximum atomic E-state index is 13.0. The van der Waals surface area contributed by atoms with E-state index < -0.39 is 11.9 Å². The first-order chi connectivity index (χ1) is 10.9. The van der Waals surface area contributed by atoms with Crippen molar-refractivity contribution in [3.8, 4) is 0 Å². The Hall–Kier alpha value is -2.02. The van der Waals surface area contributed by atoms with Crippen LogP contribution in [0.2, 0.25) is 5.02 Å². The lowest BCUT2D eigenvalue weighted by Crippen LogP contribution is -2.15. The van der Waals surface area contributed by atoms with E-state index in [9.17, 15) is 13.2 Å². The Kier molecular flexibility index (Phi) is 4.30. The first-order valence-electron chi connectivity index (χ1n) is 7.12. The zero-order valence-corrected chi connectivity index (χ0v) is 12.7. The summed E-state index contributed by atoms with van der Waals surface area (Å²) >= 11 is 6.04. The van der Waals surface area contributed by atoms with E-state index in [4.69, 9.17) is 11.6 Å². The molecule has 1 aliphatic carbocycles. The molecule has 0 radical (unpaired) electrons. The molecular weight excluding hydrogens is 329 g/mol. The first-order valence-corrected chi connectivity index (χ1v) is 7.50. The van der Waals surface area contributed by atoms with E-state index in [1.54, 1.807) is 18.2 Å². The molecule has 0 bridgehead atoms. The molecule has 2 aromatic rings. The average molecular weight is 343 g/mol. The number of aromatic nitrogens is 2. The Morgan fingerprint density at radius 1 is 1.17 bits per heavy atom. The Morgan fingerprint density at radius 2 is 1.91 bits per heavy atom.